The molecule has 0 spiro atoms. The predicted molar refractivity (Wildman–Crippen MR) is 61.8 cm³/mol. The molecule has 0 unspecified atom stereocenters. The third-order valence-corrected chi connectivity index (χ3v) is 2.41. The average Bonchev–Trinajstić information content (AvgIpc) is 2.26. The van der Waals surface area contributed by atoms with Crippen molar-refractivity contribution in [3.8, 4) is 5.75 Å². The molecule has 0 radical (unpaired) electrons. The van der Waals surface area contributed by atoms with Gasteiger partial charge in [-0.1, -0.05) is 15.9 Å². The lowest BCUT2D eigenvalue weighted by atomic mass is 10.1. The lowest BCUT2D eigenvalue weighted by Gasteiger charge is -2.10. The Morgan fingerprint density at radius 2 is 2.19 bits per heavy atom. The molecule has 0 bridgehead atoms. The Hall–Kier alpha value is -1.36. The number of carbonyl (C=O) groups excluding carboxylic acids is 2. The maximum absolute atomic E-state index is 10.9. The zero-order chi connectivity index (χ0) is 12.1. The number of ether oxygens (including phenoxy) is 2. The molecule has 0 aromatic heterocycles. The van der Waals surface area contributed by atoms with Gasteiger partial charge in [-0.05, 0) is 24.6 Å². The summed E-state index contributed by atoms with van der Waals surface area (Å²) in [4.78, 5) is 21.7. The van der Waals surface area contributed by atoms with Crippen LogP contribution in [0, 0.1) is 6.92 Å². The molecule has 1 aromatic carbocycles. The van der Waals surface area contributed by atoms with E-state index >= 15 is 0 Å². The van der Waals surface area contributed by atoms with Crippen LogP contribution in [0.1, 0.15) is 15.9 Å². The lowest BCUT2D eigenvalue weighted by molar-refractivity contribution is -0.142. The van der Waals surface area contributed by atoms with Gasteiger partial charge in [0.1, 0.15) is 5.75 Å². The Balaban J connectivity index is 2.94. The van der Waals surface area contributed by atoms with Crippen LogP contribution in [0.5, 0.6) is 5.75 Å². The molecule has 1 aromatic rings. The minimum Gasteiger partial charge on any atom is -0.481 e. The third-order valence-electron chi connectivity index (χ3n) is 1.96. The number of esters is 1. The van der Waals surface area contributed by atoms with E-state index in [1.54, 1.807) is 19.1 Å². The molecule has 5 heteroatoms. The first-order valence-corrected chi connectivity index (χ1v) is 5.32. The monoisotopic (exact) mass is 286 g/mol. The van der Waals surface area contributed by atoms with Crippen molar-refractivity contribution < 1.29 is 19.1 Å². The summed E-state index contributed by atoms with van der Waals surface area (Å²) in [6, 6.07) is 3.44. The van der Waals surface area contributed by atoms with Gasteiger partial charge in [-0.25, -0.2) is 4.79 Å². The average molecular weight is 287 g/mol. The van der Waals surface area contributed by atoms with E-state index in [1.807, 2.05) is 0 Å². The fourth-order valence-electron chi connectivity index (χ4n) is 1.23. The molecule has 0 saturated heterocycles. The van der Waals surface area contributed by atoms with E-state index in [4.69, 9.17) is 4.74 Å². The van der Waals surface area contributed by atoms with E-state index in [0.717, 1.165) is 10.0 Å². The maximum Gasteiger partial charge on any atom is 0.343 e. The molecule has 1 rings (SSSR count). The van der Waals surface area contributed by atoms with Crippen LogP contribution in [-0.2, 0) is 9.53 Å². The van der Waals surface area contributed by atoms with Crippen molar-refractivity contribution in [3.05, 3.63) is 27.7 Å². The summed E-state index contributed by atoms with van der Waals surface area (Å²) < 4.78 is 10.5. The number of benzene rings is 1. The normalized spacial score (nSPS) is 9.69. The SMILES string of the molecule is COC(=O)COc1c(C)cc(Br)cc1C=O. The number of halogens is 1. The van der Waals surface area contributed by atoms with Crippen molar-refractivity contribution in [1.29, 1.82) is 0 Å². The Bertz CT molecular complexity index is 415. The van der Waals surface area contributed by atoms with Gasteiger partial charge < -0.3 is 9.47 Å². The highest BCUT2D eigenvalue weighted by Gasteiger charge is 2.10. The lowest BCUT2D eigenvalue weighted by Crippen LogP contribution is -2.14. The molecule has 0 aliphatic rings. The standard InChI is InChI=1S/C11H11BrO4/c1-7-3-9(12)4-8(5-13)11(7)16-6-10(14)15-2/h3-5H,6H2,1-2H3. The zero-order valence-corrected chi connectivity index (χ0v) is 10.5. The van der Waals surface area contributed by atoms with Gasteiger partial charge in [0.05, 0.1) is 12.7 Å². The van der Waals surface area contributed by atoms with Crippen LogP contribution in [-0.4, -0.2) is 26.0 Å². The number of carbonyl (C=O) groups is 2. The largest absolute Gasteiger partial charge is 0.481 e. The summed E-state index contributed by atoms with van der Waals surface area (Å²) in [5, 5.41) is 0. The second-order valence-electron chi connectivity index (χ2n) is 3.12. The minimum absolute atomic E-state index is 0.209. The predicted octanol–water partition coefficient (Wildman–Crippen LogP) is 2.12. The summed E-state index contributed by atoms with van der Waals surface area (Å²) in [5.74, 6) is -0.0808. The quantitative estimate of drug-likeness (QED) is 0.628. The number of aryl methyl sites for hydroxylation is 1. The van der Waals surface area contributed by atoms with Crippen molar-refractivity contribution in [2.24, 2.45) is 0 Å². The third kappa shape index (κ3) is 3.06. The van der Waals surface area contributed by atoms with Gasteiger partial charge >= 0.3 is 5.97 Å². The zero-order valence-electron chi connectivity index (χ0n) is 8.95. The Kier molecular flexibility index (Phi) is 4.49. The van der Waals surface area contributed by atoms with E-state index in [0.29, 0.717) is 17.6 Å². The molecule has 0 heterocycles. The smallest absolute Gasteiger partial charge is 0.343 e. The molecule has 0 saturated carbocycles. The van der Waals surface area contributed by atoms with Gasteiger partial charge in [-0.15, -0.1) is 0 Å². The van der Waals surface area contributed by atoms with Crippen LogP contribution >= 0.6 is 15.9 Å². The summed E-state index contributed by atoms with van der Waals surface area (Å²) in [7, 11) is 1.28. The van der Waals surface area contributed by atoms with Crippen LogP contribution in [0.25, 0.3) is 0 Å². The molecule has 0 fully saturated rings. The van der Waals surface area contributed by atoms with Crippen molar-refractivity contribution in [2.45, 2.75) is 6.92 Å². The Labute approximate surface area is 102 Å². The van der Waals surface area contributed by atoms with E-state index in [-0.39, 0.29) is 6.61 Å². The summed E-state index contributed by atoms with van der Waals surface area (Å²) in [6.45, 7) is 1.59. The summed E-state index contributed by atoms with van der Waals surface area (Å²) in [5.41, 5.74) is 1.18. The fourth-order valence-corrected chi connectivity index (χ4v) is 1.82. The Morgan fingerprint density at radius 3 is 2.75 bits per heavy atom. The first-order chi connectivity index (χ1) is 7.58. The molecule has 0 aliphatic heterocycles. The number of hydrogen-bond acceptors (Lipinski definition) is 4. The van der Waals surface area contributed by atoms with Crippen molar-refractivity contribution in [1.82, 2.24) is 0 Å². The number of rotatable bonds is 4. The molecule has 16 heavy (non-hydrogen) atoms. The van der Waals surface area contributed by atoms with Gasteiger partial charge in [-0.3, -0.25) is 4.79 Å². The molecule has 0 atom stereocenters. The second-order valence-corrected chi connectivity index (χ2v) is 4.04. The van der Waals surface area contributed by atoms with Crippen LogP contribution in [0.15, 0.2) is 16.6 Å². The van der Waals surface area contributed by atoms with Crippen molar-refractivity contribution in [2.75, 3.05) is 13.7 Å². The maximum atomic E-state index is 10.9. The van der Waals surface area contributed by atoms with Crippen LogP contribution in [0.3, 0.4) is 0 Å². The highest BCUT2D eigenvalue weighted by atomic mass is 79.9. The molecule has 4 nitrogen and oxygen atoms in total. The summed E-state index contributed by atoms with van der Waals surface area (Å²) in [6.07, 6.45) is 0.685. The van der Waals surface area contributed by atoms with Crippen LogP contribution in [0.2, 0.25) is 0 Å². The van der Waals surface area contributed by atoms with Gasteiger partial charge in [0, 0.05) is 4.47 Å². The number of methoxy groups -OCH3 is 1. The van der Waals surface area contributed by atoms with Crippen molar-refractivity contribution in [3.63, 3.8) is 0 Å². The molecular weight excluding hydrogens is 276 g/mol. The van der Waals surface area contributed by atoms with E-state index in [2.05, 4.69) is 20.7 Å². The van der Waals surface area contributed by atoms with Crippen molar-refractivity contribution >= 4 is 28.2 Å². The molecular formula is C11H11BrO4. The Morgan fingerprint density at radius 1 is 1.50 bits per heavy atom. The van der Waals surface area contributed by atoms with Crippen LogP contribution < -0.4 is 4.74 Å². The first kappa shape index (κ1) is 12.7. The van der Waals surface area contributed by atoms with E-state index in [9.17, 15) is 9.59 Å². The minimum atomic E-state index is -0.487. The number of aldehydes is 1. The molecule has 0 amide bonds. The highest BCUT2D eigenvalue weighted by molar-refractivity contribution is 9.10. The highest BCUT2D eigenvalue weighted by Crippen LogP contribution is 2.26. The van der Waals surface area contributed by atoms with E-state index < -0.39 is 5.97 Å². The number of hydrogen-bond donors (Lipinski definition) is 0. The van der Waals surface area contributed by atoms with Gasteiger partial charge in [-0.2, -0.15) is 0 Å². The van der Waals surface area contributed by atoms with Gasteiger partial charge in [0.25, 0.3) is 0 Å². The molecule has 0 N–H and O–H groups in total. The first-order valence-electron chi connectivity index (χ1n) is 4.53. The van der Waals surface area contributed by atoms with Gasteiger partial charge in [0.2, 0.25) is 0 Å². The second kappa shape index (κ2) is 5.65. The van der Waals surface area contributed by atoms with Crippen LogP contribution in [0.4, 0.5) is 0 Å². The fraction of sp³-hybridized carbons (Fsp3) is 0.273. The molecule has 0 aliphatic carbocycles. The van der Waals surface area contributed by atoms with E-state index in [1.165, 1.54) is 7.11 Å². The molecule has 86 valence electrons. The van der Waals surface area contributed by atoms with Gasteiger partial charge in [0.15, 0.2) is 12.9 Å². The topological polar surface area (TPSA) is 52.6 Å². The summed E-state index contributed by atoms with van der Waals surface area (Å²) >= 11 is 3.28.